The van der Waals surface area contributed by atoms with Crippen molar-refractivity contribution in [3.63, 3.8) is 0 Å². The highest BCUT2D eigenvalue weighted by Crippen LogP contribution is 2.45. The SMILES string of the molecule is O=C(O)c1cnc2nc(CN3CCC(c4cccc5c4O[C@H](c4ccc(Cl)cc4Cl)C=C5F)CC3)n(C[C@@H]3CCO3)c2c1. The van der Waals surface area contributed by atoms with Crippen molar-refractivity contribution in [1.29, 1.82) is 0 Å². The normalized spacial score (nSPS) is 20.8. The first-order chi connectivity index (χ1) is 20.8. The van der Waals surface area contributed by atoms with E-state index in [1.807, 2.05) is 12.1 Å². The number of imidazole rings is 1. The molecule has 0 bridgehead atoms. The number of aromatic nitrogens is 3. The van der Waals surface area contributed by atoms with Crippen molar-refractivity contribution < 1.29 is 23.8 Å². The van der Waals surface area contributed by atoms with E-state index < -0.39 is 12.1 Å². The van der Waals surface area contributed by atoms with Crippen LogP contribution in [0, 0.1) is 0 Å². The summed E-state index contributed by atoms with van der Waals surface area (Å²) in [4.78, 5) is 23.1. The molecule has 2 saturated heterocycles. The molecule has 2 atom stereocenters. The predicted octanol–water partition coefficient (Wildman–Crippen LogP) is 7.05. The Hall–Kier alpha value is -3.50. The van der Waals surface area contributed by atoms with Crippen molar-refractivity contribution in [3.8, 4) is 5.75 Å². The Labute approximate surface area is 257 Å². The molecular weight excluding hydrogens is 594 g/mol. The van der Waals surface area contributed by atoms with Gasteiger partial charge in [0.25, 0.3) is 0 Å². The van der Waals surface area contributed by atoms with Gasteiger partial charge in [0.15, 0.2) is 5.65 Å². The van der Waals surface area contributed by atoms with E-state index in [2.05, 4.69) is 14.5 Å². The lowest BCUT2D eigenvalue weighted by molar-refractivity contribution is -0.0592. The second-order valence-corrected chi connectivity index (χ2v) is 12.1. The van der Waals surface area contributed by atoms with Crippen LogP contribution in [-0.2, 0) is 17.8 Å². The number of para-hydroxylation sites is 1. The van der Waals surface area contributed by atoms with E-state index in [0.29, 0.717) is 51.2 Å². The monoisotopic (exact) mass is 622 g/mol. The van der Waals surface area contributed by atoms with Crippen molar-refractivity contribution in [3.05, 3.63) is 92.9 Å². The summed E-state index contributed by atoms with van der Waals surface area (Å²) in [5.74, 6) is 0.260. The second kappa shape index (κ2) is 11.5. The van der Waals surface area contributed by atoms with Crippen LogP contribution >= 0.6 is 23.2 Å². The van der Waals surface area contributed by atoms with Crippen LogP contribution in [0.15, 0.2) is 54.7 Å². The molecular formula is C32H29Cl2FN4O4. The van der Waals surface area contributed by atoms with Crippen molar-refractivity contribution in [2.45, 2.75) is 50.5 Å². The van der Waals surface area contributed by atoms with Gasteiger partial charge in [-0.15, -0.1) is 0 Å². The van der Waals surface area contributed by atoms with Gasteiger partial charge in [-0.05, 0) is 74.2 Å². The number of nitrogens with zero attached hydrogens (tertiary/aromatic N) is 4. The highest BCUT2D eigenvalue weighted by molar-refractivity contribution is 6.35. The number of carbonyl (C=O) groups is 1. The van der Waals surface area contributed by atoms with Gasteiger partial charge in [-0.25, -0.2) is 19.2 Å². The maximum absolute atomic E-state index is 15.3. The van der Waals surface area contributed by atoms with Crippen LogP contribution in [0.25, 0.3) is 17.0 Å². The van der Waals surface area contributed by atoms with Gasteiger partial charge in [-0.3, -0.25) is 4.90 Å². The van der Waals surface area contributed by atoms with E-state index in [-0.39, 0.29) is 23.4 Å². The number of benzene rings is 2. The molecule has 3 aliphatic heterocycles. The van der Waals surface area contributed by atoms with Crippen molar-refractivity contribution in [2.75, 3.05) is 19.7 Å². The Morgan fingerprint density at radius 3 is 2.63 bits per heavy atom. The summed E-state index contributed by atoms with van der Waals surface area (Å²) in [5, 5.41) is 10.4. The first-order valence-electron chi connectivity index (χ1n) is 14.4. The number of halogens is 3. The molecule has 2 fully saturated rings. The molecule has 11 heteroatoms. The Bertz CT molecular complexity index is 1750. The lowest BCUT2D eigenvalue weighted by Gasteiger charge is -2.34. The van der Waals surface area contributed by atoms with Crippen LogP contribution in [0.2, 0.25) is 10.0 Å². The zero-order chi connectivity index (χ0) is 29.7. The zero-order valence-corrected chi connectivity index (χ0v) is 24.7. The van der Waals surface area contributed by atoms with Crippen LogP contribution in [-0.4, -0.2) is 56.3 Å². The Morgan fingerprint density at radius 2 is 1.91 bits per heavy atom. The summed E-state index contributed by atoms with van der Waals surface area (Å²) >= 11 is 12.5. The van der Waals surface area contributed by atoms with E-state index in [9.17, 15) is 9.90 Å². The third-order valence-electron chi connectivity index (χ3n) is 8.62. The summed E-state index contributed by atoms with van der Waals surface area (Å²) in [6.07, 6.45) is 4.93. The number of carboxylic acids is 1. The number of hydrogen-bond acceptors (Lipinski definition) is 6. The van der Waals surface area contributed by atoms with Crippen molar-refractivity contribution >= 4 is 46.2 Å². The molecule has 222 valence electrons. The lowest BCUT2D eigenvalue weighted by Crippen LogP contribution is -2.35. The molecule has 0 saturated carbocycles. The number of pyridine rings is 1. The van der Waals surface area contributed by atoms with Gasteiger partial charge in [0.1, 0.15) is 23.5 Å². The molecule has 0 unspecified atom stereocenters. The number of likely N-dealkylation sites (tertiary alicyclic amines) is 1. The Morgan fingerprint density at radius 1 is 1.09 bits per heavy atom. The molecule has 2 aromatic carbocycles. The number of aromatic carboxylic acids is 1. The number of fused-ring (bicyclic) bond motifs is 2. The van der Waals surface area contributed by atoms with Crippen LogP contribution in [0.3, 0.4) is 0 Å². The number of rotatable bonds is 7. The standard InChI is InChI=1S/C32H29Cl2FN4O4/c33-20-4-5-23(25(34)13-20)28-14-26(35)24-3-1-2-22(30(24)43-28)18-6-9-38(10-7-18)17-29-37-31-27(12-19(15-36-31)32(40)41)39(29)16-21-8-11-42-21/h1-5,12-15,18,21,28H,6-11,16-17H2,(H,40,41)/t21-,28-/m0/s1. The molecule has 1 N–H and O–H groups in total. The first kappa shape index (κ1) is 28.3. The van der Waals surface area contributed by atoms with Crippen LogP contribution in [0.4, 0.5) is 4.39 Å². The average Bonchev–Trinajstić information content (AvgIpc) is 3.31. The van der Waals surface area contributed by atoms with E-state index in [4.69, 9.17) is 37.7 Å². The van der Waals surface area contributed by atoms with Crippen molar-refractivity contribution in [1.82, 2.24) is 19.4 Å². The quantitative estimate of drug-likeness (QED) is 0.236. The minimum absolute atomic E-state index is 0.0839. The number of carboxylic acid groups (broad SMARTS) is 1. The van der Waals surface area contributed by atoms with Gasteiger partial charge < -0.3 is 19.1 Å². The highest BCUT2D eigenvalue weighted by atomic mass is 35.5. The average molecular weight is 624 g/mol. The molecule has 3 aliphatic rings. The molecule has 2 aromatic heterocycles. The lowest BCUT2D eigenvalue weighted by atomic mass is 9.86. The Balaban J connectivity index is 1.10. The summed E-state index contributed by atoms with van der Waals surface area (Å²) in [7, 11) is 0. The van der Waals surface area contributed by atoms with E-state index in [1.54, 1.807) is 30.3 Å². The number of piperidine rings is 1. The summed E-state index contributed by atoms with van der Waals surface area (Å²) < 4.78 is 29.5. The predicted molar refractivity (Wildman–Crippen MR) is 161 cm³/mol. The summed E-state index contributed by atoms with van der Waals surface area (Å²) in [6, 6.07) is 12.4. The number of hydrogen-bond donors (Lipinski definition) is 1. The van der Waals surface area contributed by atoms with Gasteiger partial charge in [-0.1, -0.05) is 41.4 Å². The summed E-state index contributed by atoms with van der Waals surface area (Å²) in [6.45, 7) is 3.58. The maximum atomic E-state index is 15.3. The van der Waals surface area contributed by atoms with E-state index in [0.717, 1.165) is 50.3 Å². The smallest absolute Gasteiger partial charge is 0.337 e. The topological polar surface area (TPSA) is 89.7 Å². The minimum atomic E-state index is -1.02. The molecule has 0 amide bonds. The number of ether oxygens (including phenoxy) is 2. The molecule has 7 rings (SSSR count). The van der Waals surface area contributed by atoms with Gasteiger partial charge in [0.2, 0.25) is 0 Å². The van der Waals surface area contributed by atoms with Crippen molar-refractivity contribution in [2.24, 2.45) is 0 Å². The van der Waals surface area contributed by atoms with Crippen LogP contribution in [0.1, 0.15) is 64.2 Å². The molecule has 0 radical (unpaired) electrons. The highest BCUT2D eigenvalue weighted by Gasteiger charge is 2.31. The fourth-order valence-electron chi connectivity index (χ4n) is 6.19. The van der Waals surface area contributed by atoms with E-state index in [1.165, 1.54) is 12.3 Å². The van der Waals surface area contributed by atoms with E-state index >= 15 is 4.39 Å². The summed E-state index contributed by atoms with van der Waals surface area (Å²) in [5.41, 5.74) is 3.50. The van der Waals surface area contributed by atoms with Gasteiger partial charge in [-0.2, -0.15) is 0 Å². The largest absolute Gasteiger partial charge is 0.480 e. The Kier molecular flexibility index (Phi) is 7.59. The molecule has 0 aliphatic carbocycles. The third kappa shape index (κ3) is 5.51. The van der Waals surface area contributed by atoms with Crippen LogP contribution < -0.4 is 4.74 Å². The van der Waals surface area contributed by atoms with Crippen LogP contribution in [0.5, 0.6) is 5.75 Å². The zero-order valence-electron chi connectivity index (χ0n) is 23.2. The second-order valence-electron chi connectivity index (χ2n) is 11.3. The molecule has 0 spiro atoms. The van der Waals surface area contributed by atoms with Gasteiger partial charge in [0, 0.05) is 28.4 Å². The fraction of sp³-hybridized carbons (Fsp3) is 0.344. The van der Waals surface area contributed by atoms with Gasteiger partial charge in [0.05, 0.1) is 35.8 Å². The minimum Gasteiger partial charge on any atom is -0.480 e. The molecule has 4 aromatic rings. The third-order valence-corrected chi connectivity index (χ3v) is 9.18. The molecule has 5 heterocycles. The fourth-order valence-corrected chi connectivity index (χ4v) is 6.71. The first-order valence-corrected chi connectivity index (χ1v) is 15.1. The maximum Gasteiger partial charge on any atom is 0.337 e. The van der Waals surface area contributed by atoms with Gasteiger partial charge >= 0.3 is 5.97 Å². The molecule has 8 nitrogen and oxygen atoms in total. The molecule has 43 heavy (non-hydrogen) atoms.